The molecule has 1 amide bonds. The molecule has 28 heavy (non-hydrogen) atoms. The number of aromatic nitrogens is 1. The Balaban J connectivity index is 2.18. The number of rotatable bonds is 9. The highest BCUT2D eigenvalue weighted by molar-refractivity contribution is 7.98. The highest BCUT2D eigenvalue weighted by Crippen LogP contribution is 2.38. The summed E-state index contributed by atoms with van der Waals surface area (Å²) in [5, 5.41) is 3.88. The highest BCUT2D eigenvalue weighted by Gasteiger charge is 2.17. The Kier molecular flexibility index (Phi) is 7.99. The second-order valence-corrected chi connectivity index (χ2v) is 7.46. The molecular weight excluding hydrogens is 376 g/mol. The summed E-state index contributed by atoms with van der Waals surface area (Å²) in [6.45, 7) is 4.73. The lowest BCUT2D eigenvalue weighted by Crippen LogP contribution is -2.23. The van der Waals surface area contributed by atoms with Gasteiger partial charge in [0, 0.05) is 23.4 Å². The van der Waals surface area contributed by atoms with Crippen molar-refractivity contribution in [3.8, 4) is 17.2 Å². The van der Waals surface area contributed by atoms with Crippen LogP contribution in [-0.2, 0) is 13.0 Å². The fourth-order valence-electron chi connectivity index (χ4n) is 2.84. The van der Waals surface area contributed by atoms with E-state index in [0.717, 1.165) is 22.7 Å². The van der Waals surface area contributed by atoms with E-state index in [0.29, 0.717) is 35.3 Å². The van der Waals surface area contributed by atoms with Gasteiger partial charge in [0.05, 0.1) is 21.3 Å². The van der Waals surface area contributed by atoms with E-state index in [1.165, 1.54) is 21.3 Å². The summed E-state index contributed by atoms with van der Waals surface area (Å²) < 4.78 is 15.9. The summed E-state index contributed by atoms with van der Waals surface area (Å²) in [5.74, 6) is 1.66. The standard InChI is InChI=1S/C21H28N2O4S/c1-13(2)9-16-8-7-14(21(23-16)28-6)12-22-20(24)15-10-17(25-3)19(27-5)18(11-15)26-4/h7-8,10-11,13H,9,12H2,1-6H3,(H,22,24). The van der Waals surface area contributed by atoms with E-state index >= 15 is 0 Å². The zero-order chi connectivity index (χ0) is 20.7. The molecule has 0 atom stereocenters. The van der Waals surface area contributed by atoms with Gasteiger partial charge in [-0.3, -0.25) is 4.79 Å². The van der Waals surface area contributed by atoms with Crippen molar-refractivity contribution in [2.75, 3.05) is 27.6 Å². The molecular formula is C21H28N2O4S. The Morgan fingerprint density at radius 3 is 2.25 bits per heavy atom. The lowest BCUT2D eigenvalue weighted by Gasteiger charge is -2.15. The molecule has 0 unspecified atom stereocenters. The lowest BCUT2D eigenvalue weighted by atomic mass is 10.1. The van der Waals surface area contributed by atoms with Gasteiger partial charge in [-0.2, -0.15) is 0 Å². The van der Waals surface area contributed by atoms with Crippen LogP contribution in [-0.4, -0.2) is 38.5 Å². The van der Waals surface area contributed by atoms with Crippen LogP contribution in [0.4, 0.5) is 0 Å². The predicted octanol–water partition coefficient (Wildman–Crippen LogP) is 3.96. The number of amides is 1. The number of benzene rings is 1. The van der Waals surface area contributed by atoms with Gasteiger partial charge in [0.15, 0.2) is 11.5 Å². The van der Waals surface area contributed by atoms with Crippen molar-refractivity contribution in [2.45, 2.75) is 31.8 Å². The van der Waals surface area contributed by atoms with Crippen LogP contribution in [0, 0.1) is 5.92 Å². The first kappa shape index (κ1) is 21.9. The van der Waals surface area contributed by atoms with Crippen LogP contribution in [0.15, 0.2) is 29.3 Å². The second-order valence-electron chi connectivity index (χ2n) is 6.67. The van der Waals surface area contributed by atoms with E-state index in [4.69, 9.17) is 19.2 Å². The maximum atomic E-state index is 12.7. The molecule has 152 valence electrons. The minimum atomic E-state index is -0.224. The normalized spacial score (nSPS) is 10.7. The van der Waals surface area contributed by atoms with E-state index in [1.807, 2.05) is 18.4 Å². The summed E-state index contributed by atoms with van der Waals surface area (Å²) in [6.07, 6.45) is 2.93. The third kappa shape index (κ3) is 5.32. The number of nitrogens with zero attached hydrogens (tertiary/aromatic N) is 1. The molecule has 0 bridgehead atoms. The monoisotopic (exact) mass is 404 g/mol. The number of nitrogens with one attached hydrogen (secondary N) is 1. The minimum absolute atomic E-state index is 0.224. The van der Waals surface area contributed by atoms with Gasteiger partial charge in [0.1, 0.15) is 5.03 Å². The summed E-state index contributed by atoms with van der Waals surface area (Å²) >= 11 is 1.58. The average Bonchev–Trinajstić information content (AvgIpc) is 2.70. The molecule has 7 heteroatoms. The molecule has 1 aromatic carbocycles. The van der Waals surface area contributed by atoms with Crippen molar-refractivity contribution in [3.05, 3.63) is 41.1 Å². The van der Waals surface area contributed by atoms with Crippen LogP contribution >= 0.6 is 11.8 Å². The number of carbonyl (C=O) groups excluding carboxylic acids is 1. The van der Waals surface area contributed by atoms with Gasteiger partial charge in [-0.1, -0.05) is 19.9 Å². The molecule has 1 aromatic heterocycles. The second kappa shape index (κ2) is 10.2. The highest BCUT2D eigenvalue weighted by atomic mass is 32.2. The largest absolute Gasteiger partial charge is 0.493 e. The third-order valence-corrected chi connectivity index (χ3v) is 4.91. The average molecular weight is 405 g/mol. The van der Waals surface area contributed by atoms with Crippen LogP contribution in [0.3, 0.4) is 0 Å². The first-order valence-corrected chi connectivity index (χ1v) is 10.3. The Bertz CT molecular complexity index is 799. The lowest BCUT2D eigenvalue weighted by molar-refractivity contribution is 0.0949. The van der Waals surface area contributed by atoms with Gasteiger partial charge >= 0.3 is 0 Å². The Labute approximate surface area is 171 Å². The number of ether oxygens (including phenoxy) is 3. The fraction of sp³-hybridized carbons (Fsp3) is 0.429. The Hall–Kier alpha value is -2.41. The van der Waals surface area contributed by atoms with Gasteiger partial charge in [0.25, 0.3) is 5.91 Å². The molecule has 0 radical (unpaired) electrons. The van der Waals surface area contributed by atoms with Gasteiger partial charge in [-0.05, 0) is 36.8 Å². The molecule has 0 saturated carbocycles. The fourth-order valence-corrected chi connectivity index (χ4v) is 3.45. The number of pyridine rings is 1. The number of hydrogen-bond acceptors (Lipinski definition) is 6. The van der Waals surface area contributed by atoms with Crippen molar-refractivity contribution in [3.63, 3.8) is 0 Å². The SMILES string of the molecule is COc1cc(C(=O)NCc2ccc(CC(C)C)nc2SC)cc(OC)c1OC. The van der Waals surface area contributed by atoms with Crippen molar-refractivity contribution in [1.29, 1.82) is 0 Å². The zero-order valence-electron chi connectivity index (χ0n) is 17.3. The number of carbonyl (C=O) groups is 1. The quantitative estimate of drug-likeness (QED) is 0.638. The van der Waals surface area contributed by atoms with E-state index < -0.39 is 0 Å². The van der Waals surface area contributed by atoms with Crippen molar-refractivity contribution in [1.82, 2.24) is 10.3 Å². The molecule has 2 aromatic rings. The van der Waals surface area contributed by atoms with Gasteiger partial charge in [0.2, 0.25) is 5.75 Å². The molecule has 0 aliphatic heterocycles. The first-order valence-electron chi connectivity index (χ1n) is 9.04. The summed E-state index contributed by atoms with van der Waals surface area (Å²) in [5.41, 5.74) is 2.49. The topological polar surface area (TPSA) is 69.7 Å². The molecule has 0 spiro atoms. The first-order chi connectivity index (χ1) is 13.4. The van der Waals surface area contributed by atoms with Crippen molar-refractivity contribution in [2.24, 2.45) is 5.92 Å². The molecule has 1 N–H and O–H groups in total. The molecule has 6 nitrogen and oxygen atoms in total. The van der Waals surface area contributed by atoms with Crippen LogP contribution in [0.5, 0.6) is 17.2 Å². The minimum Gasteiger partial charge on any atom is -0.493 e. The van der Waals surface area contributed by atoms with Gasteiger partial charge < -0.3 is 19.5 Å². The van der Waals surface area contributed by atoms with Crippen LogP contribution in [0.25, 0.3) is 0 Å². The summed E-state index contributed by atoms with van der Waals surface area (Å²) in [4.78, 5) is 17.4. The van der Waals surface area contributed by atoms with Crippen LogP contribution in [0.1, 0.15) is 35.5 Å². The van der Waals surface area contributed by atoms with E-state index in [9.17, 15) is 4.79 Å². The number of thioether (sulfide) groups is 1. The van der Waals surface area contributed by atoms with Crippen LogP contribution < -0.4 is 19.5 Å². The molecule has 1 heterocycles. The van der Waals surface area contributed by atoms with Crippen LogP contribution in [0.2, 0.25) is 0 Å². The number of methoxy groups -OCH3 is 3. The molecule has 0 fully saturated rings. The van der Waals surface area contributed by atoms with E-state index in [2.05, 4.69) is 19.2 Å². The maximum absolute atomic E-state index is 12.7. The molecule has 0 aliphatic carbocycles. The molecule has 0 aliphatic rings. The van der Waals surface area contributed by atoms with Gasteiger partial charge in [-0.15, -0.1) is 11.8 Å². The van der Waals surface area contributed by atoms with Crippen molar-refractivity contribution < 1.29 is 19.0 Å². The smallest absolute Gasteiger partial charge is 0.251 e. The summed E-state index contributed by atoms with van der Waals surface area (Å²) in [7, 11) is 4.57. The maximum Gasteiger partial charge on any atom is 0.251 e. The van der Waals surface area contributed by atoms with E-state index in [1.54, 1.807) is 23.9 Å². The molecule has 0 saturated heterocycles. The van der Waals surface area contributed by atoms with E-state index in [-0.39, 0.29) is 5.91 Å². The Morgan fingerprint density at radius 1 is 1.11 bits per heavy atom. The summed E-state index contributed by atoms with van der Waals surface area (Å²) in [6, 6.07) is 7.33. The predicted molar refractivity (Wildman–Crippen MR) is 112 cm³/mol. The Morgan fingerprint density at radius 2 is 1.75 bits per heavy atom. The molecule has 2 rings (SSSR count). The van der Waals surface area contributed by atoms with Gasteiger partial charge in [-0.25, -0.2) is 4.98 Å². The third-order valence-electron chi connectivity index (χ3n) is 4.17. The number of hydrogen-bond donors (Lipinski definition) is 1. The van der Waals surface area contributed by atoms with Crippen molar-refractivity contribution >= 4 is 17.7 Å². The zero-order valence-corrected chi connectivity index (χ0v) is 18.1.